The van der Waals surface area contributed by atoms with Gasteiger partial charge in [-0.1, -0.05) is 26.7 Å². The fourth-order valence-corrected chi connectivity index (χ4v) is 3.20. The number of hydrogen-bond donors (Lipinski definition) is 1. The average molecular weight is 241 g/mol. The Kier molecular flexibility index (Phi) is 4.83. The summed E-state index contributed by atoms with van der Waals surface area (Å²) >= 11 is 0. The van der Waals surface area contributed by atoms with E-state index in [2.05, 4.69) is 19.2 Å². The average Bonchev–Trinajstić information content (AvgIpc) is 2.30. The highest BCUT2D eigenvalue weighted by Crippen LogP contribution is 2.33. The SMILES string of the molecule is CCNC1CC(OC2CCCCC2C)C1OC. The van der Waals surface area contributed by atoms with E-state index in [1.807, 2.05) is 0 Å². The van der Waals surface area contributed by atoms with E-state index >= 15 is 0 Å². The lowest BCUT2D eigenvalue weighted by molar-refractivity contribution is -0.171. The van der Waals surface area contributed by atoms with Gasteiger partial charge in [0.15, 0.2) is 0 Å². The van der Waals surface area contributed by atoms with Crippen LogP contribution in [0.4, 0.5) is 0 Å². The number of likely N-dealkylation sites (N-methyl/N-ethyl adjacent to an activating group) is 1. The molecule has 17 heavy (non-hydrogen) atoms. The molecule has 0 radical (unpaired) electrons. The molecule has 3 heteroatoms. The highest BCUT2D eigenvalue weighted by molar-refractivity contribution is 4.97. The van der Waals surface area contributed by atoms with Crippen molar-refractivity contribution in [1.29, 1.82) is 0 Å². The summed E-state index contributed by atoms with van der Waals surface area (Å²) in [5.41, 5.74) is 0. The predicted molar refractivity (Wildman–Crippen MR) is 69.2 cm³/mol. The first-order valence-electron chi connectivity index (χ1n) is 7.18. The lowest BCUT2D eigenvalue weighted by atomic mass is 9.83. The van der Waals surface area contributed by atoms with Crippen molar-refractivity contribution in [2.24, 2.45) is 5.92 Å². The quantitative estimate of drug-likeness (QED) is 0.801. The summed E-state index contributed by atoms with van der Waals surface area (Å²) in [6, 6.07) is 0.494. The summed E-state index contributed by atoms with van der Waals surface area (Å²) in [5, 5.41) is 3.46. The first-order chi connectivity index (χ1) is 8.26. The molecular weight excluding hydrogens is 214 g/mol. The smallest absolute Gasteiger partial charge is 0.0987 e. The summed E-state index contributed by atoms with van der Waals surface area (Å²) in [7, 11) is 1.80. The first kappa shape index (κ1) is 13.3. The van der Waals surface area contributed by atoms with Gasteiger partial charge in [-0.2, -0.15) is 0 Å². The molecule has 1 N–H and O–H groups in total. The van der Waals surface area contributed by atoms with Gasteiger partial charge in [0.1, 0.15) is 0 Å². The topological polar surface area (TPSA) is 30.5 Å². The van der Waals surface area contributed by atoms with Crippen molar-refractivity contribution in [3.8, 4) is 0 Å². The molecule has 2 aliphatic carbocycles. The van der Waals surface area contributed by atoms with Gasteiger partial charge in [-0.25, -0.2) is 0 Å². The van der Waals surface area contributed by atoms with Crippen molar-refractivity contribution in [3.63, 3.8) is 0 Å². The molecule has 0 aromatic carbocycles. The molecule has 0 saturated heterocycles. The van der Waals surface area contributed by atoms with Crippen LogP contribution in [0, 0.1) is 5.92 Å². The molecule has 2 saturated carbocycles. The van der Waals surface area contributed by atoms with Crippen LogP contribution >= 0.6 is 0 Å². The van der Waals surface area contributed by atoms with Crippen LogP contribution in [0.2, 0.25) is 0 Å². The lowest BCUT2D eigenvalue weighted by Crippen LogP contribution is -2.60. The van der Waals surface area contributed by atoms with Crippen LogP contribution in [0.25, 0.3) is 0 Å². The Hall–Kier alpha value is -0.120. The van der Waals surface area contributed by atoms with Crippen molar-refractivity contribution in [2.45, 2.75) is 70.3 Å². The third-order valence-corrected chi connectivity index (χ3v) is 4.37. The zero-order valence-electron chi connectivity index (χ0n) is 11.4. The Morgan fingerprint density at radius 2 is 1.94 bits per heavy atom. The van der Waals surface area contributed by atoms with E-state index in [0.29, 0.717) is 18.2 Å². The molecule has 5 unspecified atom stereocenters. The van der Waals surface area contributed by atoms with Crippen molar-refractivity contribution in [1.82, 2.24) is 5.32 Å². The van der Waals surface area contributed by atoms with Gasteiger partial charge in [0.2, 0.25) is 0 Å². The molecule has 2 rings (SSSR count). The van der Waals surface area contributed by atoms with Crippen LogP contribution < -0.4 is 5.32 Å². The highest BCUT2D eigenvalue weighted by atomic mass is 16.5. The zero-order chi connectivity index (χ0) is 12.3. The largest absolute Gasteiger partial charge is 0.377 e. The summed E-state index contributed by atoms with van der Waals surface area (Å²) in [5.74, 6) is 0.722. The molecule has 100 valence electrons. The van der Waals surface area contributed by atoms with Crippen LogP contribution in [0.15, 0.2) is 0 Å². The maximum Gasteiger partial charge on any atom is 0.0987 e. The number of rotatable bonds is 5. The van der Waals surface area contributed by atoms with Crippen LogP contribution in [-0.2, 0) is 9.47 Å². The fraction of sp³-hybridized carbons (Fsp3) is 1.00. The van der Waals surface area contributed by atoms with Gasteiger partial charge in [0.25, 0.3) is 0 Å². The van der Waals surface area contributed by atoms with E-state index in [1.165, 1.54) is 25.7 Å². The number of ether oxygens (including phenoxy) is 2. The summed E-state index contributed by atoms with van der Waals surface area (Å²) in [4.78, 5) is 0. The molecule has 2 fully saturated rings. The van der Waals surface area contributed by atoms with E-state index in [0.717, 1.165) is 18.9 Å². The predicted octanol–water partition coefficient (Wildman–Crippen LogP) is 2.35. The van der Waals surface area contributed by atoms with Gasteiger partial charge >= 0.3 is 0 Å². The van der Waals surface area contributed by atoms with Crippen molar-refractivity contribution < 1.29 is 9.47 Å². The van der Waals surface area contributed by atoms with Gasteiger partial charge in [0, 0.05) is 13.2 Å². The van der Waals surface area contributed by atoms with Crippen LogP contribution in [0.1, 0.15) is 46.0 Å². The Morgan fingerprint density at radius 1 is 1.18 bits per heavy atom. The summed E-state index contributed by atoms with van der Waals surface area (Å²) in [6.45, 7) is 5.48. The van der Waals surface area contributed by atoms with Gasteiger partial charge in [0.05, 0.1) is 18.3 Å². The lowest BCUT2D eigenvalue weighted by Gasteiger charge is -2.46. The van der Waals surface area contributed by atoms with Gasteiger partial charge in [-0.15, -0.1) is 0 Å². The molecule has 2 aliphatic rings. The van der Waals surface area contributed by atoms with Crippen molar-refractivity contribution in [2.75, 3.05) is 13.7 Å². The minimum Gasteiger partial charge on any atom is -0.377 e. The molecule has 0 aliphatic heterocycles. The van der Waals surface area contributed by atoms with E-state index in [-0.39, 0.29) is 6.10 Å². The van der Waals surface area contributed by atoms with E-state index in [4.69, 9.17) is 9.47 Å². The third-order valence-electron chi connectivity index (χ3n) is 4.37. The third kappa shape index (κ3) is 3.01. The number of hydrogen-bond acceptors (Lipinski definition) is 3. The van der Waals surface area contributed by atoms with E-state index in [1.54, 1.807) is 7.11 Å². The standard InChI is InChI=1S/C14H27NO2/c1-4-15-11-9-13(14(11)16-3)17-12-8-6-5-7-10(12)2/h10-15H,4-9H2,1-3H3. The molecule has 3 nitrogen and oxygen atoms in total. The molecule has 0 amide bonds. The zero-order valence-corrected chi connectivity index (χ0v) is 11.4. The van der Waals surface area contributed by atoms with Gasteiger partial charge in [-0.3, -0.25) is 0 Å². The Bertz CT molecular complexity index is 234. The maximum absolute atomic E-state index is 6.25. The van der Waals surface area contributed by atoms with Crippen molar-refractivity contribution in [3.05, 3.63) is 0 Å². The molecule has 0 bridgehead atoms. The minimum absolute atomic E-state index is 0.254. The fourth-order valence-electron chi connectivity index (χ4n) is 3.20. The van der Waals surface area contributed by atoms with Gasteiger partial charge < -0.3 is 14.8 Å². The number of nitrogens with one attached hydrogen (secondary N) is 1. The van der Waals surface area contributed by atoms with Crippen LogP contribution in [0.5, 0.6) is 0 Å². The Morgan fingerprint density at radius 3 is 2.59 bits per heavy atom. The van der Waals surface area contributed by atoms with E-state index < -0.39 is 0 Å². The molecule has 0 heterocycles. The van der Waals surface area contributed by atoms with E-state index in [9.17, 15) is 0 Å². The summed E-state index contributed by atoms with van der Waals surface area (Å²) < 4.78 is 11.8. The minimum atomic E-state index is 0.254. The van der Waals surface area contributed by atoms with Crippen molar-refractivity contribution >= 4 is 0 Å². The molecule has 0 spiro atoms. The second-order valence-electron chi connectivity index (χ2n) is 5.57. The van der Waals surface area contributed by atoms with Crippen LogP contribution in [-0.4, -0.2) is 38.0 Å². The van der Waals surface area contributed by atoms with Gasteiger partial charge in [-0.05, 0) is 31.7 Å². The Balaban J connectivity index is 1.79. The van der Waals surface area contributed by atoms with Crippen LogP contribution in [0.3, 0.4) is 0 Å². The Labute approximate surface area is 105 Å². The first-order valence-corrected chi connectivity index (χ1v) is 7.18. The second-order valence-corrected chi connectivity index (χ2v) is 5.57. The summed E-state index contributed by atoms with van der Waals surface area (Å²) in [6.07, 6.45) is 7.41. The number of methoxy groups -OCH3 is 1. The molecular formula is C14H27NO2. The molecule has 0 aromatic rings. The second kappa shape index (κ2) is 6.17. The molecule has 5 atom stereocenters. The highest BCUT2D eigenvalue weighted by Gasteiger charge is 2.43. The monoisotopic (exact) mass is 241 g/mol. The maximum atomic E-state index is 6.25. The molecule has 0 aromatic heterocycles. The normalized spacial score (nSPS) is 42.2.